The van der Waals surface area contributed by atoms with Gasteiger partial charge in [0, 0.05) is 18.2 Å². The zero-order valence-corrected chi connectivity index (χ0v) is 14.9. The molecule has 0 aliphatic heterocycles. The minimum atomic E-state index is -0.432. The first-order chi connectivity index (χ1) is 11.8. The molecule has 0 saturated heterocycles. The van der Waals surface area contributed by atoms with Crippen molar-refractivity contribution in [2.24, 2.45) is 5.41 Å². The van der Waals surface area contributed by atoms with Crippen LogP contribution in [-0.4, -0.2) is 33.4 Å². The Morgan fingerprint density at radius 3 is 2.56 bits per heavy atom. The van der Waals surface area contributed by atoms with Gasteiger partial charge in [-0.2, -0.15) is 5.10 Å². The molecule has 0 saturated carbocycles. The number of carbonyl (C=O) groups is 1. The molecule has 0 aliphatic rings. The molecule has 6 heteroatoms. The fourth-order valence-electron chi connectivity index (χ4n) is 2.73. The number of aliphatic hydroxyl groups is 1. The van der Waals surface area contributed by atoms with Gasteiger partial charge in [-0.1, -0.05) is 44.2 Å². The molecule has 6 nitrogen and oxygen atoms in total. The molecule has 0 bridgehead atoms. The standard InChI is InChI=1S/C19H25N3O3/c1-14(23)11-19(2,3)13-20-17(24)12-22-18(25)10-9-16(21-22)15-7-5-4-6-8-15/h4-10,14,23H,11-13H2,1-3H3,(H,20,24). The maximum Gasteiger partial charge on any atom is 0.267 e. The number of hydrogen-bond acceptors (Lipinski definition) is 4. The summed E-state index contributed by atoms with van der Waals surface area (Å²) in [4.78, 5) is 24.1. The van der Waals surface area contributed by atoms with Crippen LogP contribution in [0.1, 0.15) is 27.2 Å². The highest BCUT2D eigenvalue weighted by atomic mass is 16.3. The number of hydrogen-bond donors (Lipinski definition) is 2. The molecule has 1 atom stereocenters. The molecule has 2 rings (SSSR count). The van der Waals surface area contributed by atoms with Crippen LogP contribution in [0.4, 0.5) is 0 Å². The van der Waals surface area contributed by atoms with Crippen LogP contribution in [-0.2, 0) is 11.3 Å². The summed E-state index contributed by atoms with van der Waals surface area (Å²) < 4.78 is 1.17. The molecule has 0 radical (unpaired) electrons. The molecular weight excluding hydrogens is 318 g/mol. The lowest BCUT2D eigenvalue weighted by Crippen LogP contribution is -2.39. The fourth-order valence-corrected chi connectivity index (χ4v) is 2.73. The van der Waals surface area contributed by atoms with Crippen LogP contribution in [0.25, 0.3) is 11.3 Å². The first-order valence-electron chi connectivity index (χ1n) is 8.35. The van der Waals surface area contributed by atoms with Gasteiger partial charge in [0.15, 0.2) is 0 Å². The molecule has 0 fully saturated rings. The highest BCUT2D eigenvalue weighted by molar-refractivity contribution is 5.75. The molecule has 0 aliphatic carbocycles. The van der Waals surface area contributed by atoms with Gasteiger partial charge in [-0.15, -0.1) is 0 Å². The molecule has 1 amide bonds. The maximum atomic E-state index is 12.2. The number of carbonyl (C=O) groups excluding carboxylic acids is 1. The van der Waals surface area contributed by atoms with E-state index in [9.17, 15) is 14.7 Å². The Labute approximate surface area is 147 Å². The van der Waals surface area contributed by atoms with Crippen LogP contribution < -0.4 is 10.9 Å². The van der Waals surface area contributed by atoms with Crippen molar-refractivity contribution in [1.82, 2.24) is 15.1 Å². The van der Waals surface area contributed by atoms with Gasteiger partial charge in [0.1, 0.15) is 6.54 Å². The molecule has 2 aromatic rings. The largest absolute Gasteiger partial charge is 0.393 e. The summed E-state index contributed by atoms with van der Waals surface area (Å²) in [6, 6.07) is 12.6. The maximum absolute atomic E-state index is 12.2. The smallest absolute Gasteiger partial charge is 0.267 e. The second kappa shape index (κ2) is 8.07. The Morgan fingerprint density at radius 1 is 1.24 bits per heavy atom. The van der Waals surface area contributed by atoms with Crippen molar-refractivity contribution < 1.29 is 9.90 Å². The van der Waals surface area contributed by atoms with Crippen LogP contribution in [0, 0.1) is 5.41 Å². The van der Waals surface area contributed by atoms with Crippen molar-refractivity contribution in [3.8, 4) is 11.3 Å². The molecule has 1 aromatic heterocycles. The van der Waals surface area contributed by atoms with E-state index in [0.717, 1.165) is 5.56 Å². The molecule has 134 valence electrons. The Balaban J connectivity index is 2.05. The summed E-state index contributed by atoms with van der Waals surface area (Å²) in [6.07, 6.45) is 0.147. The zero-order valence-electron chi connectivity index (χ0n) is 14.9. The molecule has 1 heterocycles. The molecule has 0 spiro atoms. The average molecular weight is 343 g/mol. The lowest BCUT2D eigenvalue weighted by molar-refractivity contribution is -0.122. The molecule has 1 aromatic carbocycles. The number of amides is 1. The lowest BCUT2D eigenvalue weighted by atomic mass is 9.87. The van der Waals surface area contributed by atoms with E-state index in [4.69, 9.17) is 0 Å². The van der Waals surface area contributed by atoms with E-state index in [1.54, 1.807) is 13.0 Å². The molecule has 2 N–H and O–H groups in total. The highest BCUT2D eigenvalue weighted by Crippen LogP contribution is 2.21. The summed E-state index contributed by atoms with van der Waals surface area (Å²) in [7, 11) is 0. The number of aliphatic hydroxyl groups excluding tert-OH is 1. The van der Waals surface area contributed by atoms with Gasteiger partial charge in [0.05, 0.1) is 11.8 Å². The van der Waals surface area contributed by atoms with Crippen LogP contribution in [0.15, 0.2) is 47.3 Å². The first-order valence-corrected chi connectivity index (χ1v) is 8.35. The van der Waals surface area contributed by atoms with Crippen LogP contribution in [0.2, 0.25) is 0 Å². The highest BCUT2D eigenvalue weighted by Gasteiger charge is 2.21. The van der Waals surface area contributed by atoms with E-state index in [1.165, 1.54) is 10.7 Å². The van der Waals surface area contributed by atoms with Crippen molar-refractivity contribution in [3.63, 3.8) is 0 Å². The Morgan fingerprint density at radius 2 is 1.92 bits per heavy atom. The topological polar surface area (TPSA) is 84.2 Å². The average Bonchev–Trinajstić information content (AvgIpc) is 2.55. The van der Waals surface area contributed by atoms with Crippen molar-refractivity contribution in [3.05, 3.63) is 52.8 Å². The zero-order chi connectivity index (χ0) is 18.4. The van der Waals surface area contributed by atoms with Gasteiger partial charge >= 0.3 is 0 Å². The van der Waals surface area contributed by atoms with E-state index in [2.05, 4.69) is 10.4 Å². The lowest BCUT2D eigenvalue weighted by Gasteiger charge is -2.26. The third-order valence-electron chi connectivity index (χ3n) is 3.84. The molecule has 1 unspecified atom stereocenters. The predicted molar refractivity (Wildman–Crippen MR) is 97.0 cm³/mol. The number of nitrogens with one attached hydrogen (secondary N) is 1. The van der Waals surface area contributed by atoms with Crippen molar-refractivity contribution in [2.75, 3.05) is 6.54 Å². The summed E-state index contributed by atoms with van der Waals surface area (Å²) in [5.74, 6) is -0.279. The third-order valence-corrected chi connectivity index (χ3v) is 3.84. The minimum Gasteiger partial charge on any atom is -0.393 e. The summed E-state index contributed by atoms with van der Waals surface area (Å²) in [5, 5.41) is 16.6. The van der Waals surface area contributed by atoms with Crippen molar-refractivity contribution >= 4 is 5.91 Å². The van der Waals surface area contributed by atoms with Gasteiger partial charge in [-0.3, -0.25) is 9.59 Å². The van der Waals surface area contributed by atoms with Crippen LogP contribution in [0.3, 0.4) is 0 Å². The fraction of sp³-hybridized carbons (Fsp3) is 0.421. The van der Waals surface area contributed by atoms with E-state index in [0.29, 0.717) is 18.7 Å². The van der Waals surface area contributed by atoms with E-state index < -0.39 is 6.10 Å². The second-order valence-electron chi connectivity index (χ2n) is 7.07. The quantitative estimate of drug-likeness (QED) is 0.803. The summed E-state index contributed by atoms with van der Waals surface area (Å²) in [6.45, 7) is 5.96. The molecular formula is C19H25N3O3. The SMILES string of the molecule is CC(O)CC(C)(C)CNC(=O)Cn1nc(-c2ccccc2)ccc1=O. The third kappa shape index (κ3) is 5.83. The molecule has 25 heavy (non-hydrogen) atoms. The number of nitrogens with zero attached hydrogens (tertiary/aromatic N) is 2. The number of rotatable bonds is 7. The van der Waals surface area contributed by atoms with Crippen molar-refractivity contribution in [2.45, 2.75) is 39.8 Å². The van der Waals surface area contributed by atoms with Gasteiger partial charge in [0.25, 0.3) is 5.56 Å². The van der Waals surface area contributed by atoms with Crippen LogP contribution >= 0.6 is 0 Å². The van der Waals surface area contributed by atoms with Crippen LogP contribution in [0.5, 0.6) is 0 Å². The Kier molecular flexibility index (Phi) is 6.09. The normalized spacial score (nSPS) is 12.6. The van der Waals surface area contributed by atoms with Gasteiger partial charge in [-0.05, 0) is 24.8 Å². The van der Waals surface area contributed by atoms with Gasteiger partial charge in [-0.25, -0.2) is 4.68 Å². The first kappa shape index (κ1) is 18.9. The van der Waals surface area contributed by atoms with E-state index in [1.807, 2.05) is 44.2 Å². The minimum absolute atomic E-state index is 0.135. The van der Waals surface area contributed by atoms with Gasteiger partial charge in [0.2, 0.25) is 5.91 Å². The van der Waals surface area contributed by atoms with Crippen molar-refractivity contribution in [1.29, 1.82) is 0 Å². The number of benzene rings is 1. The summed E-state index contributed by atoms with van der Waals surface area (Å²) >= 11 is 0. The summed E-state index contributed by atoms with van der Waals surface area (Å²) in [5.41, 5.74) is 0.976. The Hall–Kier alpha value is -2.47. The number of aromatic nitrogens is 2. The van der Waals surface area contributed by atoms with E-state index in [-0.39, 0.29) is 23.4 Å². The predicted octanol–water partition coefficient (Wildman–Crippen LogP) is 1.82. The van der Waals surface area contributed by atoms with Gasteiger partial charge < -0.3 is 10.4 Å². The van der Waals surface area contributed by atoms with E-state index >= 15 is 0 Å². The monoisotopic (exact) mass is 343 g/mol. The second-order valence-corrected chi connectivity index (χ2v) is 7.07. The Bertz CT molecular complexity index is 767.